The van der Waals surface area contributed by atoms with Gasteiger partial charge < -0.3 is 21.1 Å². The van der Waals surface area contributed by atoms with E-state index in [1.165, 1.54) is 31.2 Å². The lowest BCUT2D eigenvalue weighted by molar-refractivity contribution is -0.733. The number of carbonyl (C=O) groups is 5. The van der Waals surface area contributed by atoms with Crippen LogP contribution in [-0.4, -0.2) is 35.6 Å². The van der Waals surface area contributed by atoms with E-state index in [4.69, 9.17) is 10.5 Å². The molecule has 0 bridgehead atoms. The monoisotopic (exact) mass is 463 g/mol. The van der Waals surface area contributed by atoms with Crippen LogP contribution in [0.1, 0.15) is 25.3 Å². The predicted molar refractivity (Wildman–Crippen MR) is 118 cm³/mol. The molecule has 3 heterocycles. The van der Waals surface area contributed by atoms with Gasteiger partial charge in [0.1, 0.15) is 23.6 Å². The summed E-state index contributed by atoms with van der Waals surface area (Å²) in [5.74, 6) is -3.77. The summed E-state index contributed by atoms with van der Waals surface area (Å²) >= 11 is 0. The summed E-state index contributed by atoms with van der Waals surface area (Å²) in [5.41, 5.74) is 5.60. The van der Waals surface area contributed by atoms with Gasteiger partial charge >= 0.3 is 5.97 Å². The normalized spacial score (nSPS) is 27.0. The molecule has 0 radical (unpaired) electrons. The van der Waals surface area contributed by atoms with Crippen LogP contribution in [0.25, 0.3) is 0 Å². The first kappa shape index (κ1) is 21.8. The van der Waals surface area contributed by atoms with Crippen molar-refractivity contribution in [3.8, 4) is 5.75 Å². The van der Waals surface area contributed by atoms with Crippen molar-refractivity contribution in [1.82, 2.24) is 0 Å². The number of carbonyl (C=O) groups excluding carboxylic acids is 5. The van der Waals surface area contributed by atoms with E-state index in [0.29, 0.717) is 16.9 Å². The average molecular weight is 463 g/mol. The first-order chi connectivity index (χ1) is 16.2. The Morgan fingerprint density at radius 2 is 1.79 bits per heavy atom. The number of primary amides is 1. The lowest BCUT2D eigenvalue weighted by Gasteiger charge is -2.26. The first-order valence-electron chi connectivity index (χ1n) is 11.0. The summed E-state index contributed by atoms with van der Waals surface area (Å²) in [6.07, 6.45) is 0.286. The smallest absolute Gasteiger partial charge is 0.308 e. The number of imide groups is 1. The van der Waals surface area contributed by atoms with Crippen LogP contribution in [0.15, 0.2) is 48.5 Å². The molecule has 1 spiro atoms. The van der Waals surface area contributed by atoms with E-state index < -0.39 is 47.1 Å². The van der Waals surface area contributed by atoms with E-state index in [2.05, 4.69) is 5.32 Å². The molecule has 4 amide bonds. The summed E-state index contributed by atoms with van der Waals surface area (Å²) in [6, 6.07) is 12.7. The van der Waals surface area contributed by atoms with E-state index in [-0.39, 0.29) is 24.5 Å². The quantitative estimate of drug-likeness (QED) is 0.317. The largest absolute Gasteiger partial charge is 0.427 e. The number of nitrogens with zero attached hydrogens (tertiary/aromatic N) is 1. The zero-order valence-corrected chi connectivity index (χ0v) is 18.3. The fourth-order valence-corrected chi connectivity index (χ4v) is 5.58. The van der Waals surface area contributed by atoms with Crippen LogP contribution in [0.3, 0.4) is 0 Å². The molecule has 174 valence electrons. The van der Waals surface area contributed by atoms with Crippen molar-refractivity contribution in [2.24, 2.45) is 17.6 Å². The number of ether oxygens (including phenoxy) is 1. The van der Waals surface area contributed by atoms with E-state index in [1.54, 1.807) is 29.6 Å². The molecule has 4 atom stereocenters. The average Bonchev–Trinajstić information content (AvgIpc) is 3.37. The van der Waals surface area contributed by atoms with Gasteiger partial charge in [0.15, 0.2) is 0 Å². The molecule has 2 fully saturated rings. The molecule has 3 aliphatic rings. The van der Waals surface area contributed by atoms with Gasteiger partial charge in [-0.3, -0.25) is 24.0 Å². The Morgan fingerprint density at radius 3 is 2.47 bits per heavy atom. The predicted octanol–water partition coefficient (Wildman–Crippen LogP) is -0.224. The van der Waals surface area contributed by atoms with Crippen LogP contribution >= 0.6 is 0 Å². The van der Waals surface area contributed by atoms with Crippen LogP contribution in [0, 0.1) is 11.8 Å². The summed E-state index contributed by atoms with van der Waals surface area (Å²) in [5, 5.41) is 4.62. The van der Waals surface area contributed by atoms with Crippen molar-refractivity contribution in [3.05, 3.63) is 54.1 Å². The molecule has 3 aliphatic heterocycles. The molecule has 0 aliphatic carbocycles. The Morgan fingerprint density at radius 1 is 1.09 bits per heavy atom. The number of benzene rings is 2. The molecule has 10 heteroatoms. The molecule has 5 rings (SSSR count). The fourth-order valence-electron chi connectivity index (χ4n) is 5.58. The SMILES string of the molecule is CC(=O)Oc1ccc(N2C(=O)[C@H]3[C@@H](CCC(N)=O)[NH2+][C@]4(C(=O)Nc5ccccc54)[C@H]3C2=O)cc1. The molecule has 2 aromatic rings. The Kier molecular flexibility index (Phi) is 4.98. The highest BCUT2D eigenvalue weighted by Crippen LogP contribution is 2.50. The Labute approximate surface area is 194 Å². The number of quaternary nitrogens is 1. The van der Waals surface area contributed by atoms with Gasteiger partial charge in [-0.15, -0.1) is 0 Å². The molecule has 0 unspecified atom stereocenters. The van der Waals surface area contributed by atoms with Gasteiger partial charge in [-0.1, -0.05) is 18.2 Å². The second-order valence-electron chi connectivity index (χ2n) is 8.81. The fraction of sp³-hybridized carbons (Fsp3) is 0.292. The van der Waals surface area contributed by atoms with Gasteiger partial charge in [0.05, 0.1) is 11.4 Å². The van der Waals surface area contributed by atoms with Crippen molar-refractivity contribution in [2.75, 3.05) is 10.2 Å². The second kappa shape index (κ2) is 7.77. The third-order valence-corrected chi connectivity index (χ3v) is 6.86. The highest BCUT2D eigenvalue weighted by molar-refractivity contribution is 6.25. The number of fused-ring (bicyclic) bond motifs is 4. The third kappa shape index (κ3) is 3.10. The van der Waals surface area contributed by atoms with Gasteiger partial charge in [-0.25, -0.2) is 4.90 Å². The topological polar surface area (TPSA) is 152 Å². The molecular formula is C24H23N4O6+. The van der Waals surface area contributed by atoms with Gasteiger partial charge in [0.2, 0.25) is 23.3 Å². The number of rotatable bonds is 5. The second-order valence-corrected chi connectivity index (χ2v) is 8.81. The van der Waals surface area contributed by atoms with Crippen LogP contribution in [0.4, 0.5) is 11.4 Å². The summed E-state index contributed by atoms with van der Waals surface area (Å²) in [6.45, 7) is 1.27. The van der Waals surface area contributed by atoms with Gasteiger partial charge in [0, 0.05) is 25.3 Å². The lowest BCUT2D eigenvalue weighted by atomic mass is 9.76. The van der Waals surface area contributed by atoms with E-state index in [1.807, 2.05) is 0 Å². The van der Waals surface area contributed by atoms with Crippen molar-refractivity contribution in [3.63, 3.8) is 0 Å². The maximum atomic E-state index is 13.8. The highest BCUT2D eigenvalue weighted by Gasteiger charge is 2.74. The standard InChI is InChI=1S/C24H22N4O6/c1-12(29)34-14-8-6-13(7-9-14)28-21(31)19-17(10-11-18(25)30)27-24(20(19)22(28)32)15-4-2-3-5-16(15)26-23(24)33/h2-9,17,19-20,27H,10-11H2,1H3,(H2,25,30)(H,26,33)/p+1/t17-,19+,20-,24+/m1/s1. The van der Waals surface area contributed by atoms with Gasteiger partial charge in [-0.2, -0.15) is 0 Å². The van der Waals surface area contributed by atoms with Gasteiger partial charge in [0.25, 0.3) is 5.91 Å². The van der Waals surface area contributed by atoms with E-state index in [0.717, 1.165) is 4.90 Å². The lowest BCUT2D eigenvalue weighted by Crippen LogP contribution is -2.99. The molecule has 2 aromatic carbocycles. The molecule has 0 aromatic heterocycles. The van der Waals surface area contributed by atoms with E-state index in [9.17, 15) is 24.0 Å². The zero-order chi connectivity index (χ0) is 24.2. The Balaban J connectivity index is 1.57. The third-order valence-electron chi connectivity index (χ3n) is 6.86. The maximum absolute atomic E-state index is 13.8. The number of hydrogen-bond donors (Lipinski definition) is 3. The summed E-state index contributed by atoms with van der Waals surface area (Å²) < 4.78 is 5.03. The number of anilines is 2. The molecule has 10 nitrogen and oxygen atoms in total. The summed E-state index contributed by atoms with van der Waals surface area (Å²) in [7, 11) is 0. The Hall–Kier alpha value is -4.05. The minimum atomic E-state index is -1.32. The highest BCUT2D eigenvalue weighted by atomic mass is 16.5. The maximum Gasteiger partial charge on any atom is 0.308 e. The molecule has 34 heavy (non-hydrogen) atoms. The van der Waals surface area contributed by atoms with Crippen molar-refractivity contribution >= 4 is 41.0 Å². The van der Waals surface area contributed by atoms with Crippen LogP contribution in [0.5, 0.6) is 5.75 Å². The van der Waals surface area contributed by atoms with Gasteiger partial charge in [-0.05, 0) is 30.3 Å². The van der Waals surface area contributed by atoms with Crippen molar-refractivity contribution < 1.29 is 34.0 Å². The number of esters is 1. The number of nitrogens with one attached hydrogen (secondary N) is 1. The number of amides is 4. The molecular weight excluding hydrogens is 440 g/mol. The molecule has 5 N–H and O–H groups in total. The number of nitrogens with two attached hydrogens (primary N) is 2. The summed E-state index contributed by atoms with van der Waals surface area (Å²) in [4.78, 5) is 64.6. The van der Waals surface area contributed by atoms with Crippen LogP contribution < -0.4 is 26.0 Å². The number of para-hydroxylation sites is 1. The first-order valence-corrected chi connectivity index (χ1v) is 11.0. The molecule has 0 saturated carbocycles. The van der Waals surface area contributed by atoms with Crippen LogP contribution in [-0.2, 0) is 29.5 Å². The van der Waals surface area contributed by atoms with E-state index >= 15 is 0 Å². The van der Waals surface area contributed by atoms with Crippen molar-refractivity contribution in [1.29, 1.82) is 0 Å². The zero-order valence-electron chi connectivity index (χ0n) is 18.3. The number of hydrogen-bond acceptors (Lipinski definition) is 6. The van der Waals surface area contributed by atoms with Crippen LogP contribution in [0.2, 0.25) is 0 Å². The molecule has 2 saturated heterocycles. The van der Waals surface area contributed by atoms with Crippen molar-refractivity contribution in [2.45, 2.75) is 31.3 Å². The Bertz CT molecular complexity index is 1240. The minimum Gasteiger partial charge on any atom is -0.427 e. The minimum absolute atomic E-state index is 0.0300.